The minimum atomic E-state index is -0.328. The molecule has 30 heavy (non-hydrogen) atoms. The molecule has 3 heterocycles. The Labute approximate surface area is 177 Å². The van der Waals surface area contributed by atoms with E-state index in [2.05, 4.69) is 10.3 Å². The Hall–Kier alpha value is -3.71. The monoisotopic (exact) mass is 417 g/mol. The van der Waals surface area contributed by atoms with Gasteiger partial charge in [-0.05, 0) is 41.3 Å². The van der Waals surface area contributed by atoms with E-state index >= 15 is 0 Å². The van der Waals surface area contributed by atoms with Gasteiger partial charge in [-0.15, -0.1) is 11.3 Å². The van der Waals surface area contributed by atoms with Crippen molar-refractivity contribution in [3.8, 4) is 22.0 Å². The fourth-order valence-corrected chi connectivity index (χ4v) is 3.76. The average Bonchev–Trinajstić information content (AvgIpc) is 3.33. The van der Waals surface area contributed by atoms with Crippen LogP contribution in [0, 0.1) is 0 Å². The Morgan fingerprint density at radius 1 is 1.13 bits per heavy atom. The molecule has 1 aromatic carbocycles. The highest BCUT2D eigenvalue weighted by atomic mass is 32.1. The van der Waals surface area contributed by atoms with Gasteiger partial charge < -0.3 is 10.1 Å². The van der Waals surface area contributed by atoms with Gasteiger partial charge in [-0.2, -0.15) is 0 Å². The van der Waals surface area contributed by atoms with E-state index in [1.807, 2.05) is 47.8 Å². The molecule has 0 spiro atoms. The van der Waals surface area contributed by atoms with E-state index in [4.69, 9.17) is 4.74 Å². The van der Waals surface area contributed by atoms with Gasteiger partial charge in [0.15, 0.2) is 0 Å². The van der Waals surface area contributed by atoms with E-state index in [0.29, 0.717) is 12.2 Å². The largest absolute Gasteiger partial charge is 0.496 e. The van der Waals surface area contributed by atoms with Crippen LogP contribution in [0.15, 0.2) is 83.2 Å². The molecule has 0 aliphatic carbocycles. The van der Waals surface area contributed by atoms with Crippen molar-refractivity contribution >= 4 is 17.2 Å². The van der Waals surface area contributed by atoms with Crippen LogP contribution in [0.3, 0.4) is 0 Å². The van der Waals surface area contributed by atoms with E-state index in [-0.39, 0.29) is 22.8 Å². The summed E-state index contributed by atoms with van der Waals surface area (Å²) in [5, 5.41) is 4.90. The molecule has 0 unspecified atom stereocenters. The van der Waals surface area contributed by atoms with Crippen molar-refractivity contribution in [2.24, 2.45) is 0 Å². The van der Waals surface area contributed by atoms with Gasteiger partial charge in [0.1, 0.15) is 5.75 Å². The fraction of sp³-hybridized carbons (Fsp3) is 0.0870. The molecule has 3 aromatic heterocycles. The third kappa shape index (κ3) is 4.16. The van der Waals surface area contributed by atoms with Gasteiger partial charge in [-0.25, -0.2) is 0 Å². The summed E-state index contributed by atoms with van der Waals surface area (Å²) in [5.41, 5.74) is 2.48. The molecule has 4 aromatic rings. The first-order valence-electron chi connectivity index (χ1n) is 9.29. The highest BCUT2D eigenvalue weighted by Gasteiger charge is 2.16. The van der Waals surface area contributed by atoms with Crippen molar-refractivity contribution in [2.75, 3.05) is 7.11 Å². The number of rotatable bonds is 6. The zero-order chi connectivity index (χ0) is 20.9. The summed E-state index contributed by atoms with van der Waals surface area (Å²) in [7, 11) is 1.44. The van der Waals surface area contributed by atoms with Crippen molar-refractivity contribution in [1.29, 1.82) is 0 Å². The average molecular weight is 417 g/mol. The maximum Gasteiger partial charge on any atom is 0.258 e. The molecule has 7 heteroatoms. The first-order chi connectivity index (χ1) is 14.7. The van der Waals surface area contributed by atoms with Crippen molar-refractivity contribution in [1.82, 2.24) is 14.9 Å². The number of carbonyl (C=O) groups excluding carboxylic acids is 1. The maximum atomic E-state index is 12.9. The van der Waals surface area contributed by atoms with Crippen molar-refractivity contribution < 1.29 is 9.53 Å². The second-order valence-electron chi connectivity index (χ2n) is 6.51. The number of hydrogen-bond donors (Lipinski definition) is 1. The lowest BCUT2D eigenvalue weighted by molar-refractivity contribution is 0.0947. The lowest BCUT2D eigenvalue weighted by atomic mass is 10.2. The van der Waals surface area contributed by atoms with Gasteiger partial charge in [0.05, 0.1) is 23.2 Å². The fourth-order valence-electron chi connectivity index (χ4n) is 3.07. The molecule has 0 bridgehead atoms. The Morgan fingerprint density at radius 2 is 1.97 bits per heavy atom. The van der Waals surface area contributed by atoms with Crippen molar-refractivity contribution in [3.63, 3.8) is 0 Å². The Balaban J connectivity index is 1.58. The smallest absolute Gasteiger partial charge is 0.258 e. The minimum absolute atomic E-state index is 0.235. The predicted octanol–water partition coefficient (Wildman–Crippen LogP) is 3.90. The van der Waals surface area contributed by atoms with Gasteiger partial charge in [-0.1, -0.05) is 24.3 Å². The van der Waals surface area contributed by atoms with E-state index < -0.39 is 0 Å². The van der Waals surface area contributed by atoms with Crippen LogP contribution in [-0.2, 0) is 6.54 Å². The first kappa shape index (κ1) is 19.6. The summed E-state index contributed by atoms with van der Waals surface area (Å²) in [4.78, 5) is 30.8. The molecule has 4 rings (SSSR count). The molecule has 0 aliphatic rings. The number of ether oxygens (including phenoxy) is 1. The number of para-hydroxylation sites is 1. The third-order valence-corrected chi connectivity index (χ3v) is 5.46. The number of aromatic nitrogens is 2. The van der Waals surface area contributed by atoms with Gasteiger partial charge in [0.2, 0.25) is 0 Å². The zero-order valence-electron chi connectivity index (χ0n) is 16.2. The van der Waals surface area contributed by atoms with Gasteiger partial charge in [-0.3, -0.25) is 19.1 Å². The number of amides is 1. The van der Waals surface area contributed by atoms with E-state index in [1.54, 1.807) is 29.7 Å². The highest BCUT2D eigenvalue weighted by molar-refractivity contribution is 7.13. The number of nitrogens with zero attached hydrogens (tertiary/aromatic N) is 2. The zero-order valence-corrected chi connectivity index (χ0v) is 17.1. The standard InChI is InChI=1S/C23H19N3O3S/c1-29-20-13-22(27)26(17-6-3-2-4-7-17)15-18(20)23(28)25-14-16-9-10-24-19(12-16)21-8-5-11-30-21/h2-13,15H,14H2,1H3,(H,25,28). The molecule has 1 N–H and O–H groups in total. The number of benzene rings is 1. The van der Waals surface area contributed by atoms with Crippen LogP contribution in [0.5, 0.6) is 5.75 Å². The molecule has 6 nitrogen and oxygen atoms in total. The third-order valence-electron chi connectivity index (χ3n) is 4.57. The summed E-state index contributed by atoms with van der Waals surface area (Å²) in [6.07, 6.45) is 3.24. The summed E-state index contributed by atoms with van der Waals surface area (Å²) in [5.74, 6) is -0.0929. The topological polar surface area (TPSA) is 73.2 Å². The summed E-state index contributed by atoms with van der Waals surface area (Å²) >= 11 is 1.61. The van der Waals surface area contributed by atoms with E-state index in [9.17, 15) is 9.59 Å². The number of hydrogen-bond acceptors (Lipinski definition) is 5. The molecule has 0 saturated carbocycles. The molecular weight excluding hydrogens is 398 g/mol. The van der Waals surface area contributed by atoms with E-state index in [0.717, 1.165) is 16.1 Å². The molecule has 0 aliphatic heterocycles. The van der Waals surface area contributed by atoms with Crippen LogP contribution in [0.1, 0.15) is 15.9 Å². The predicted molar refractivity (Wildman–Crippen MR) is 117 cm³/mol. The second kappa shape index (κ2) is 8.75. The van der Waals surface area contributed by atoms with Crippen molar-refractivity contribution in [2.45, 2.75) is 6.54 Å². The molecule has 150 valence electrons. The SMILES string of the molecule is COc1cc(=O)n(-c2ccccc2)cc1C(=O)NCc1ccnc(-c2cccs2)c1. The Kier molecular flexibility index (Phi) is 5.72. The number of carbonyl (C=O) groups is 1. The molecular formula is C23H19N3O3S. The highest BCUT2D eigenvalue weighted by Crippen LogP contribution is 2.23. The van der Waals surface area contributed by atoms with E-state index in [1.165, 1.54) is 23.9 Å². The minimum Gasteiger partial charge on any atom is -0.496 e. The summed E-state index contributed by atoms with van der Waals surface area (Å²) in [6.45, 7) is 0.327. The first-order valence-corrected chi connectivity index (χ1v) is 10.2. The van der Waals surface area contributed by atoms with Crippen LogP contribution in [0.25, 0.3) is 16.3 Å². The van der Waals surface area contributed by atoms with Gasteiger partial charge in [0.25, 0.3) is 11.5 Å². The number of nitrogens with one attached hydrogen (secondary N) is 1. The molecule has 0 fully saturated rings. The summed E-state index contributed by atoms with van der Waals surface area (Å²) < 4.78 is 6.70. The van der Waals surface area contributed by atoms with Gasteiger partial charge >= 0.3 is 0 Å². The molecule has 1 amide bonds. The number of thiophene rings is 1. The second-order valence-corrected chi connectivity index (χ2v) is 7.46. The van der Waals surface area contributed by atoms with Crippen LogP contribution in [0.4, 0.5) is 0 Å². The maximum absolute atomic E-state index is 12.9. The van der Waals surface area contributed by atoms with Crippen molar-refractivity contribution in [3.05, 3.63) is 99.9 Å². The summed E-state index contributed by atoms with van der Waals surface area (Å²) in [6, 6.07) is 18.3. The normalized spacial score (nSPS) is 10.6. The molecule has 0 atom stereocenters. The van der Waals surface area contributed by atoms with Crippen LogP contribution in [0.2, 0.25) is 0 Å². The van der Waals surface area contributed by atoms with Crippen LogP contribution in [-0.4, -0.2) is 22.6 Å². The molecule has 0 radical (unpaired) electrons. The Bertz CT molecular complexity index is 1220. The quantitative estimate of drug-likeness (QED) is 0.516. The lowest BCUT2D eigenvalue weighted by Gasteiger charge is -2.13. The Morgan fingerprint density at radius 3 is 2.70 bits per heavy atom. The lowest BCUT2D eigenvalue weighted by Crippen LogP contribution is -2.27. The number of methoxy groups -OCH3 is 1. The number of pyridine rings is 2. The van der Waals surface area contributed by atoms with Crippen LogP contribution < -0.4 is 15.6 Å². The van der Waals surface area contributed by atoms with Crippen LogP contribution >= 0.6 is 11.3 Å². The molecule has 0 saturated heterocycles. The van der Waals surface area contributed by atoms with Gasteiger partial charge in [0, 0.05) is 30.7 Å².